The van der Waals surface area contributed by atoms with Crippen molar-refractivity contribution in [2.24, 2.45) is 11.5 Å². The Morgan fingerprint density at radius 3 is 2.42 bits per heavy atom. The van der Waals surface area contributed by atoms with E-state index in [1.807, 2.05) is 30.3 Å². The third-order valence-corrected chi connectivity index (χ3v) is 3.52. The van der Waals surface area contributed by atoms with Crippen LogP contribution < -0.4 is 32.7 Å². The first-order valence-corrected chi connectivity index (χ1v) is 6.30. The van der Waals surface area contributed by atoms with Crippen molar-refractivity contribution in [3.8, 4) is 0 Å². The molecule has 3 rings (SSSR count). The van der Waals surface area contributed by atoms with Crippen LogP contribution >= 0.6 is 0 Å². The summed E-state index contributed by atoms with van der Waals surface area (Å²) in [5, 5.41) is 12.2. The average molecular weight is 262 g/mol. The minimum atomic E-state index is -0.552. The lowest BCUT2D eigenvalue weighted by Gasteiger charge is -2.45. The van der Waals surface area contributed by atoms with Gasteiger partial charge < -0.3 is 11.1 Å². The molecule has 7 heteroatoms. The van der Waals surface area contributed by atoms with Gasteiger partial charge in [-0.2, -0.15) is 0 Å². The van der Waals surface area contributed by atoms with E-state index < -0.39 is 12.3 Å². The molecular formula is C12H18N6O. The second-order valence-electron chi connectivity index (χ2n) is 4.86. The maximum absolute atomic E-state index is 11.9. The molecule has 2 aliphatic rings. The molecule has 19 heavy (non-hydrogen) atoms. The molecule has 0 aromatic heterocycles. The molecule has 0 aliphatic carbocycles. The highest BCUT2D eigenvalue weighted by Gasteiger charge is 2.42. The molecule has 1 amide bonds. The zero-order valence-corrected chi connectivity index (χ0v) is 10.3. The monoisotopic (exact) mass is 262 g/mol. The zero-order chi connectivity index (χ0) is 13.4. The van der Waals surface area contributed by atoms with E-state index in [-0.39, 0.29) is 24.3 Å². The summed E-state index contributed by atoms with van der Waals surface area (Å²) in [6.45, 7) is 0. The molecule has 0 bridgehead atoms. The van der Waals surface area contributed by atoms with Gasteiger partial charge in [-0.3, -0.25) is 26.5 Å². The third kappa shape index (κ3) is 2.34. The molecule has 0 spiro atoms. The van der Waals surface area contributed by atoms with Gasteiger partial charge in [-0.25, -0.2) is 0 Å². The third-order valence-electron chi connectivity index (χ3n) is 3.52. The second kappa shape index (κ2) is 4.87. The van der Waals surface area contributed by atoms with Crippen LogP contribution in [0.3, 0.4) is 0 Å². The maximum atomic E-state index is 11.9. The van der Waals surface area contributed by atoms with Crippen molar-refractivity contribution in [2.45, 2.75) is 30.7 Å². The second-order valence-corrected chi connectivity index (χ2v) is 4.86. The Labute approximate surface area is 111 Å². The van der Waals surface area contributed by atoms with Crippen molar-refractivity contribution in [2.75, 3.05) is 0 Å². The van der Waals surface area contributed by atoms with E-state index in [4.69, 9.17) is 11.5 Å². The largest absolute Gasteiger partial charge is 0.327 e. The highest BCUT2D eigenvalue weighted by atomic mass is 16.2. The fraction of sp³-hybridized carbons (Fsp3) is 0.417. The Balaban J connectivity index is 1.81. The van der Waals surface area contributed by atoms with Crippen LogP contribution in [0.4, 0.5) is 0 Å². The smallest absolute Gasteiger partial charge is 0.242 e. The van der Waals surface area contributed by atoms with Crippen LogP contribution in [0.5, 0.6) is 0 Å². The van der Waals surface area contributed by atoms with Crippen LogP contribution in [0, 0.1) is 0 Å². The Kier molecular flexibility index (Phi) is 3.21. The van der Waals surface area contributed by atoms with Crippen molar-refractivity contribution < 1.29 is 4.79 Å². The number of piperazine rings is 1. The van der Waals surface area contributed by atoms with Crippen molar-refractivity contribution in [3.05, 3.63) is 35.9 Å². The van der Waals surface area contributed by atoms with Crippen LogP contribution in [-0.4, -0.2) is 30.6 Å². The summed E-state index contributed by atoms with van der Waals surface area (Å²) in [5.74, 6) is -0.128. The van der Waals surface area contributed by atoms with Gasteiger partial charge in [0, 0.05) is 0 Å². The number of carbonyl (C=O) groups is 1. The Morgan fingerprint density at radius 1 is 0.947 bits per heavy atom. The topological polar surface area (TPSA) is 117 Å². The van der Waals surface area contributed by atoms with Gasteiger partial charge >= 0.3 is 0 Å². The molecular weight excluding hydrogens is 244 g/mol. The first-order chi connectivity index (χ1) is 9.15. The number of hydrogen-bond acceptors (Lipinski definition) is 6. The van der Waals surface area contributed by atoms with Crippen molar-refractivity contribution >= 4 is 5.91 Å². The molecule has 2 heterocycles. The molecule has 0 saturated carbocycles. The van der Waals surface area contributed by atoms with E-state index >= 15 is 0 Å². The lowest BCUT2D eigenvalue weighted by molar-refractivity contribution is -0.129. The molecule has 102 valence electrons. The first-order valence-electron chi connectivity index (χ1n) is 6.30. The number of fused-ring (bicyclic) bond motifs is 1. The van der Waals surface area contributed by atoms with Crippen LogP contribution in [0.1, 0.15) is 11.6 Å². The Morgan fingerprint density at radius 2 is 1.68 bits per heavy atom. The molecule has 5 atom stereocenters. The van der Waals surface area contributed by atoms with Crippen LogP contribution in [0.2, 0.25) is 0 Å². The summed E-state index contributed by atoms with van der Waals surface area (Å²) in [7, 11) is 0. The van der Waals surface area contributed by atoms with Gasteiger partial charge in [0.1, 0.15) is 12.3 Å². The fourth-order valence-electron chi connectivity index (χ4n) is 2.61. The minimum absolute atomic E-state index is 0.121. The van der Waals surface area contributed by atoms with E-state index in [0.29, 0.717) is 0 Å². The lowest BCUT2D eigenvalue weighted by atomic mass is 9.97. The number of nitrogens with two attached hydrogens (primary N) is 2. The number of hydrogen-bond donors (Lipinski definition) is 6. The molecule has 2 fully saturated rings. The molecule has 7 nitrogen and oxygen atoms in total. The van der Waals surface area contributed by atoms with E-state index in [0.717, 1.165) is 5.56 Å². The fourth-order valence-corrected chi connectivity index (χ4v) is 2.61. The predicted molar refractivity (Wildman–Crippen MR) is 70.3 cm³/mol. The summed E-state index contributed by atoms with van der Waals surface area (Å²) in [5.41, 5.74) is 12.8. The standard InChI is InChI=1S/C12H18N6O/c13-9-7(6-4-2-1-3-5-6)15-8-10(16-9)17-12(14)18-11(8)19/h1-5,7-10,12,15-17H,13-14H2,(H,18,19). The SMILES string of the molecule is NC1NC(=O)C2NC(c3ccccc3)C(N)NC2N1. The number of carbonyl (C=O) groups excluding carboxylic acids is 1. The summed E-state index contributed by atoms with van der Waals surface area (Å²) >= 11 is 0. The summed E-state index contributed by atoms with van der Waals surface area (Å²) in [6, 6.07) is 9.30. The zero-order valence-electron chi connectivity index (χ0n) is 10.3. The van der Waals surface area contributed by atoms with Crippen molar-refractivity contribution in [1.29, 1.82) is 0 Å². The van der Waals surface area contributed by atoms with Gasteiger partial charge in [0.2, 0.25) is 5.91 Å². The van der Waals surface area contributed by atoms with Crippen molar-refractivity contribution in [3.63, 3.8) is 0 Å². The summed E-state index contributed by atoms with van der Waals surface area (Å²) in [4.78, 5) is 11.9. The molecule has 2 saturated heterocycles. The number of benzene rings is 1. The molecule has 1 aromatic rings. The molecule has 8 N–H and O–H groups in total. The van der Waals surface area contributed by atoms with E-state index in [1.165, 1.54) is 0 Å². The van der Waals surface area contributed by atoms with Crippen molar-refractivity contribution in [1.82, 2.24) is 21.3 Å². The highest BCUT2D eigenvalue weighted by Crippen LogP contribution is 2.20. The number of rotatable bonds is 1. The van der Waals surface area contributed by atoms with Crippen LogP contribution in [0.15, 0.2) is 30.3 Å². The molecule has 5 unspecified atom stereocenters. The lowest BCUT2D eigenvalue weighted by Crippen LogP contribution is -2.79. The molecule has 2 aliphatic heterocycles. The normalized spacial score (nSPS) is 38.4. The van der Waals surface area contributed by atoms with Gasteiger partial charge in [-0.15, -0.1) is 0 Å². The molecule has 0 radical (unpaired) electrons. The maximum Gasteiger partial charge on any atom is 0.242 e. The van der Waals surface area contributed by atoms with Gasteiger partial charge in [-0.1, -0.05) is 30.3 Å². The Bertz CT molecular complexity index is 467. The highest BCUT2D eigenvalue weighted by molar-refractivity contribution is 5.83. The minimum Gasteiger partial charge on any atom is -0.327 e. The van der Waals surface area contributed by atoms with Gasteiger partial charge in [0.15, 0.2) is 0 Å². The van der Waals surface area contributed by atoms with E-state index in [2.05, 4.69) is 21.3 Å². The first kappa shape index (κ1) is 12.5. The van der Waals surface area contributed by atoms with E-state index in [1.54, 1.807) is 0 Å². The van der Waals surface area contributed by atoms with Gasteiger partial charge in [-0.05, 0) is 5.56 Å². The van der Waals surface area contributed by atoms with Crippen LogP contribution in [0.25, 0.3) is 0 Å². The van der Waals surface area contributed by atoms with Crippen LogP contribution in [-0.2, 0) is 4.79 Å². The summed E-state index contributed by atoms with van der Waals surface area (Å²) in [6.07, 6.45) is -1.11. The number of nitrogens with one attached hydrogen (secondary N) is 4. The Hall–Kier alpha value is -1.51. The number of amides is 1. The predicted octanol–water partition coefficient (Wildman–Crippen LogP) is -2.14. The van der Waals surface area contributed by atoms with Gasteiger partial charge in [0.05, 0.1) is 18.4 Å². The quantitative estimate of drug-likeness (QED) is 0.344. The van der Waals surface area contributed by atoms with E-state index in [9.17, 15) is 4.79 Å². The van der Waals surface area contributed by atoms with Gasteiger partial charge in [0.25, 0.3) is 0 Å². The summed E-state index contributed by atoms with van der Waals surface area (Å²) < 4.78 is 0. The molecule has 1 aromatic carbocycles. The average Bonchev–Trinajstić information content (AvgIpc) is 2.38.